The summed E-state index contributed by atoms with van der Waals surface area (Å²) in [6, 6.07) is 3.51. The number of hydrogen-bond donors (Lipinski definition) is 1. The molecule has 1 aromatic carbocycles. The first-order valence-electron chi connectivity index (χ1n) is 4.68. The van der Waals surface area contributed by atoms with Crippen LogP contribution in [-0.4, -0.2) is 16.4 Å². The molecule has 1 unspecified atom stereocenters. The van der Waals surface area contributed by atoms with Crippen molar-refractivity contribution >= 4 is 21.9 Å². The van der Waals surface area contributed by atoms with Gasteiger partial charge >= 0.3 is 5.97 Å². The number of cyclic esters (lactones) is 1. The van der Waals surface area contributed by atoms with Crippen LogP contribution >= 0.6 is 15.9 Å². The molecule has 0 fully saturated rings. The van der Waals surface area contributed by atoms with Crippen LogP contribution in [0.25, 0.3) is 0 Å². The molecule has 0 aromatic heterocycles. The molecule has 2 rings (SSSR count). The van der Waals surface area contributed by atoms with E-state index >= 15 is 0 Å². The fourth-order valence-corrected chi connectivity index (χ4v) is 2.16. The fourth-order valence-electron chi connectivity index (χ4n) is 1.81. The Bertz CT molecular complexity index is 415. The Kier molecular flexibility index (Phi) is 2.80. The van der Waals surface area contributed by atoms with Gasteiger partial charge in [0.15, 0.2) is 0 Å². The van der Waals surface area contributed by atoms with Crippen molar-refractivity contribution in [2.24, 2.45) is 0 Å². The normalized spacial score (nSPS) is 16.1. The van der Waals surface area contributed by atoms with Gasteiger partial charge in [0.1, 0.15) is 6.61 Å². The Morgan fingerprint density at radius 3 is 3.00 bits per heavy atom. The van der Waals surface area contributed by atoms with E-state index in [4.69, 9.17) is 4.74 Å². The molecule has 80 valence electrons. The summed E-state index contributed by atoms with van der Waals surface area (Å²) in [5.41, 5.74) is 3.32. The van der Waals surface area contributed by atoms with E-state index in [1.54, 1.807) is 12.1 Å². The average molecular weight is 271 g/mol. The summed E-state index contributed by atoms with van der Waals surface area (Å²) in [7, 11) is 0. The number of carbonyl (C=O) groups is 1. The average Bonchev–Trinajstić information content (AvgIpc) is 2.61. The van der Waals surface area contributed by atoms with Gasteiger partial charge in [-0.15, -0.1) is 0 Å². The van der Waals surface area contributed by atoms with E-state index in [9.17, 15) is 9.90 Å². The second kappa shape index (κ2) is 3.94. The van der Waals surface area contributed by atoms with Crippen molar-refractivity contribution in [3.05, 3.63) is 34.4 Å². The summed E-state index contributed by atoms with van der Waals surface area (Å²) >= 11 is 3.23. The second-order valence-corrected chi connectivity index (χ2v) is 4.20. The number of aliphatic hydroxyl groups excluding tert-OH is 1. The number of rotatable bonds is 2. The standard InChI is InChI=1S/C11H11BrO3/c1-6-7(10(13)4-12)2-3-8-9(6)5-15-11(8)14/h2-3,10,13H,4-5H2,1H3. The Balaban J connectivity index is 2.51. The summed E-state index contributed by atoms with van der Waals surface area (Å²) in [6.45, 7) is 2.23. The van der Waals surface area contributed by atoms with Gasteiger partial charge < -0.3 is 9.84 Å². The summed E-state index contributed by atoms with van der Waals surface area (Å²) in [5.74, 6) is -0.270. The topological polar surface area (TPSA) is 46.5 Å². The van der Waals surface area contributed by atoms with E-state index in [2.05, 4.69) is 15.9 Å². The number of hydrogen-bond acceptors (Lipinski definition) is 3. The largest absolute Gasteiger partial charge is 0.457 e. The molecule has 3 nitrogen and oxygen atoms in total. The number of fused-ring (bicyclic) bond motifs is 1. The molecule has 0 saturated heterocycles. The van der Waals surface area contributed by atoms with Gasteiger partial charge in [0.25, 0.3) is 0 Å². The van der Waals surface area contributed by atoms with E-state index in [1.165, 1.54) is 0 Å². The maximum atomic E-state index is 11.3. The van der Waals surface area contributed by atoms with E-state index in [1.807, 2.05) is 6.92 Å². The van der Waals surface area contributed by atoms with E-state index in [-0.39, 0.29) is 5.97 Å². The zero-order chi connectivity index (χ0) is 11.0. The number of carbonyl (C=O) groups excluding carboxylic acids is 1. The van der Waals surface area contributed by atoms with Gasteiger partial charge in [0.2, 0.25) is 0 Å². The molecule has 0 aliphatic carbocycles. The van der Waals surface area contributed by atoms with Gasteiger partial charge in [-0.05, 0) is 24.1 Å². The van der Waals surface area contributed by atoms with Crippen molar-refractivity contribution in [2.45, 2.75) is 19.6 Å². The number of esters is 1. The number of aliphatic hydroxyl groups is 1. The summed E-state index contributed by atoms with van der Waals surface area (Å²) in [6.07, 6.45) is -0.536. The Morgan fingerprint density at radius 1 is 1.60 bits per heavy atom. The minimum Gasteiger partial charge on any atom is -0.457 e. The molecule has 0 amide bonds. The van der Waals surface area contributed by atoms with E-state index < -0.39 is 6.10 Å². The van der Waals surface area contributed by atoms with Crippen molar-refractivity contribution in [1.82, 2.24) is 0 Å². The molecular weight excluding hydrogens is 260 g/mol. The maximum absolute atomic E-state index is 11.3. The van der Waals surface area contributed by atoms with Crippen LogP contribution in [0.4, 0.5) is 0 Å². The van der Waals surface area contributed by atoms with Gasteiger partial charge in [-0.3, -0.25) is 0 Å². The highest BCUT2D eigenvalue weighted by atomic mass is 79.9. The van der Waals surface area contributed by atoms with Gasteiger partial charge in [0.05, 0.1) is 11.7 Å². The lowest BCUT2D eigenvalue weighted by molar-refractivity contribution is 0.0535. The third-order valence-corrected chi connectivity index (χ3v) is 3.33. The van der Waals surface area contributed by atoms with Gasteiger partial charge in [-0.1, -0.05) is 22.0 Å². The van der Waals surface area contributed by atoms with Gasteiger partial charge in [-0.2, -0.15) is 0 Å². The number of halogens is 1. The highest BCUT2D eigenvalue weighted by Crippen LogP contribution is 2.29. The molecular formula is C11H11BrO3. The predicted octanol–water partition coefficient (Wildman–Crippen LogP) is 2.09. The quantitative estimate of drug-likeness (QED) is 0.661. The van der Waals surface area contributed by atoms with Crippen LogP contribution in [0.2, 0.25) is 0 Å². The zero-order valence-electron chi connectivity index (χ0n) is 8.29. The fraction of sp³-hybridized carbons (Fsp3) is 0.364. The predicted molar refractivity (Wildman–Crippen MR) is 59.1 cm³/mol. The molecule has 0 radical (unpaired) electrons. The summed E-state index contributed by atoms with van der Waals surface area (Å²) < 4.78 is 4.94. The molecule has 15 heavy (non-hydrogen) atoms. The van der Waals surface area contributed by atoms with Crippen LogP contribution < -0.4 is 0 Å². The van der Waals surface area contributed by atoms with Crippen molar-refractivity contribution in [1.29, 1.82) is 0 Å². The highest BCUT2D eigenvalue weighted by Gasteiger charge is 2.25. The molecule has 4 heteroatoms. The lowest BCUT2D eigenvalue weighted by Crippen LogP contribution is -2.04. The highest BCUT2D eigenvalue weighted by molar-refractivity contribution is 9.09. The molecule has 0 bridgehead atoms. The summed E-state index contributed by atoms with van der Waals surface area (Å²) in [4.78, 5) is 11.3. The van der Waals surface area contributed by atoms with Crippen LogP contribution in [0, 0.1) is 6.92 Å². The Morgan fingerprint density at radius 2 is 2.33 bits per heavy atom. The lowest BCUT2D eigenvalue weighted by Gasteiger charge is -2.12. The molecule has 1 N–H and O–H groups in total. The molecule has 0 spiro atoms. The van der Waals surface area contributed by atoms with Crippen molar-refractivity contribution < 1.29 is 14.6 Å². The van der Waals surface area contributed by atoms with Gasteiger partial charge in [-0.25, -0.2) is 4.79 Å². The van der Waals surface area contributed by atoms with E-state index in [0.29, 0.717) is 17.5 Å². The number of alkyl halides is 1. The van der Waals surface area contributed by atoms with Crippen LogP contribution in [-0.2, 0) is 11.3 Å². The van der Waals surface area contributed by atoms with Crippen molar-refractivity contribution in [2.75, 3.05) is 5.33 Å². The first-order chi connectivity index (χ1) is 7.15. The Labute approximate surface area is 96.2 Å². The van der Waals surface area contributed by atoms with Crippen LogP contribution in [0.15, 0.2) is 12.1 Å². The monoisotopic (exact) mass is 270 g/mol. The minimum atomic E-state index is -0.536. The lowest BCUT2D eigenvalue weighted by atomic mass is 9.96. The molecule has 1 aliphatic heterocycles. The van der Waals surface area contributed by atoms with Crippen LogP contribution in [0.3, 0.4) is 0 Å². The zero-order valence-corrected chi connectivity index (χ0v) is 9.87. The Hall–Kier alpha value is -0.870. The maximum Gasteiger partial charge on any atom is 0.338 e. The van der Waals surface area contributed by atoms with E-state index in [0.717, 1.165) is 16.7 Å². The molecule has 1 aromatic rings. The third-order valence-electron chi connectivity index (χ3n) is 2.71. The first-order valence-corrected chi connectivity index (χ1v) is 5.81. The van der Waals surface area contributed by atoms with Crippen molar-refractivity contribution in [3.8, 4) is 0 Å². The molecule has 1 aliphatic rings. The molecule has 1 heterocycles. The van der Waals surface area contributed by atoms with Crippen LogP contribution in [0.5, 0.6) is 0 Å². The third kappa shape index (κ3) is 1.68. The first kappa shape index (κ1) is 10.6. The van der Waals surface area contributed by atoms with Crippen molar-refractivity contribution in [3.63, 3.8) is 0 Å². The number of ether oxygens (including phenoxy) is 1. The van der Waals surface area contributed by atoms with Crippen LogP contribution in [0.1, 0.15) is 33.2 Å². The summed E-state index contributed by atoms with van der Waals surface area (Å²) in [5, 5.41) is 10.2. The SMILES string of the molecule is Cc1c(C(O)CBr)ccc2c1COC2=O. The molecule has 1 atom stereocenters. The minimum absolute atomic E-state index is 0.270. The smallest absolute Gasteiger partial charge is 0.338 e. The molecule has 0 saturated carbocycles. The van der Waals surface area contributed by atoms with Gasteiger partial charge in [0, 0.05) is 10.9 Å². The second-order valence-electron chi connectivity index (χ2n) is 3.55. The number of benzene rings is 1.